The molecular formula is C24H24Cl2N2O3S. The molecule has 0 aliphatic heterocycles. The lowest BCUT2D eigenvalue weighted by Crippen LogP contribution is -2.34. The van der Waals surface area contributed by atoms with E-state index >= 15 is 0 Å². The lowest BCUT2D eigenvalue weighted by molar-refractivity contribution is 0.394. The third-order valence-corrected chi connectivity index (χ3v) is 5.79. The number of nitrogens with one attached hydrogen (secondary N) is 1. The molecule has 0 aromatic heterocycles. The molecule has 0 atom stereocenters. The molecule has 8 heteroatoms. The topological polar surface area (TPSA) is 43.0 Å². The van der Waals surface area contributed by atoms with Gasteiger partial charge in [-0.25, -0.2) is 0 Å². The predicted octanol–water partition coefficient (Wildman–Crippen LogP) is 6.42. The van der Waals surface area contributed by atoms with Crippen LogP contribution >= 0.6 is 35.4 Å². The molecule has 0 aliphatic carbocycles. The first-order valence-electron chi connectivity index (χ1n) is 9.78. The summed E-state index contributed by atoms with van der Waals surface area (Å²) in [7, 11) is 4.86. The van der Waals surface area contributed by atoms with E-state index in [-0.39, 0.29) is 0 Å². The minimum absolute atomic E-state index is 0.492. The minimum Gasteiger partial charge on any atom is -0.497 e. The van der Waals surface area contributed by atoms with Crippen molar-refractivity contribution in [2.75, 3.05) is 26.6 Å². The van der Waals surface area contributed by atoms with Crippen molar-refractivity contribution >= 4 is 46.2 Å². The standard InChI is InChI=1S/C24H24Cl2N2O3S/c1-29-19-8-4-16(5-9-19)14-28(15-17-6-7-18(25)12-21(17)26)24(32)27-22-11-10-20(30-2)13-23(22)31-3/h4-13H,14-15H2,1-3H3,(H,27,32). The van der Waals surface area contributed by atoms with E-state index in [1.54, 1.807) is 33.5 Å². The Morgan fingerprint density at radius 1 is 0.844 bits per heavy atom. The van der Waals surface area contributed by atoms with E-state index in [1.807, 2.05) is 53.4 Å². The van der Waals surface area contributed by atoms with Crippen molar-refractivity contribution < 1.29 is 14.2 Å². The molecule has 0 spiro atoms. The molecule has 0 saturated heterocycles. The van der Waals surface area contributed by atoms with Crippen LogP contribution in [0, 0.1) is 0 Å². The van der Waals surface area contributed by atoms with Gasteiger partial charge in [0.2, 0.25) is 0 Å². The van der Waals surface area contributed by atoms with Crippen LogP contribution in [0.4, 0.5) is 5.69 Å². The average Bonchev–Trinajstić information content (AvgIpc) is 2.80. The van der Waals surface area contributed by atoms with Crippen LogP contribution in [0.5, 0.6) is 17.2 Å². The second-order valence-electron chi connectivity index (χ2n) is 6.94. The number of hydrogen-bond donors (Lipinski definition) is 1. The van der Waals surface area contributed by atoms with Gasteiger partial charge in [-0.3, -0.25) is 0 Å². The van der Waals surface area contributed by atoms with Gasteiger partial charge in [0, 0.05) is 29.2 Å². The number of hydrogen-bond acceptors (Lipinski definition) is 4. The van der Waals surface area contributed by atoms with Crippen LogP contribution in [0.1, 0.15) is 11.1 Å². The number of ether oxygens (including phenoxy) is 3. The SMILES string of the molecule is COc1ccc(CN(Cc2ccc(Cl)cc2Cl)C(=S)Nc2ccc(OC)cc2OC)cc1. The summed E-state index contributed by atoms with van der Waals surface area (Å²) in [6.07, 6.45) is 0. The molecule has 32 heavy (non-hydrogen) atoms. The normalized spacial score (nSPS) is 10.4. The molecule has 0 bridgehead atoms. The number of thiocarbonyl (C=S) groups is 1. The van der Waals surface area contributed by atoms with Crippen molar-refractivity contribution in [1.82, 2.24) is 4.90 Å². The summed E-state index contributed by atoms with van der Waals surface area (Å²) in [5.74, 6) is 2.12. The van der Waals surface area contributed by atoms with Crippen LogP contribution in [0.2, 0.25) is 10.0 Å². The van der Waals surface area contributed by atoms with Gasteiger partial charge in [0.15, 0.2) is 5.11 Å². The fraction of sp³-hybridized carbons (Fsp3) is 0.208. The molecule has 0 heterocycles. The van der Waals surface area contributed by atoms with Crippen LogP contribution in [-0.4, -0.2) is 31.3 Å². The number of rotatable bonds is 8. The molecule has 0 saturated carbocycles. The first-order valence-corrected chi connectivity index (χ1v) is 10.9. The van der Waals surface area contributed by atoms with Gasteiger partial charge in [0.25, 0.3) is 0 Å². The third-order valence-electron chi connectivity index (χ3n) is 4.85. The largest absolute Gasteiger partial charge is 0.497 e. The predicted molar refractivity (Wildman–Crippen MR) is 134 cm³/mol. The van der Waals surface area contributed by atoms with E-state index in [1.165, 1.54) is 0 Å². The maximum atomic E-state index is 6.44. The highest BCUT2D eigenvalue weighted by molar-refractivity contribution is 7.80. The van der Waals surface area contributed by atoms with Crippen LogP contribution in [0.25, 0.3) is 0 Å². The first-order chi connectivity index (χ1) is 15.4. The molecule has 0 fully saturated rings. The summed E-state index contributed by atoms with van der Waals surface area (Å²) >= 11 is 18.3. The quantitative estimate of drug-likeness (QED) is 0.367. The smallest absolute Gasteiger partial charge is 0.174 e. The molecule has 0 unspecified atom stereocenters. The summed E-state index contributed by atoms with van der Waals surface area (Å²) in [4.78, 5) is 2.02. The molecule has 3 aromatic carbocycles. The number of halogens is 2. The molecular weight excluding hydrogens is 467 g/mol. The molecule has 3 aromatic rings. The number of benzene rings is 3. The lowest BCUT2D eigenvalue weighted by atomic mass is 10.1. The summed E-state index contributed by atoms with van der Waals surface area (Å²) in [6, 6.07) is 18.8. The van der Waals surface area contributed by atoms with Gasteiger partial charge in [0.1, 0.15) is 17.2 Å². The molecule has 1 N–H and O–H groups in total. The van der Waals surface area contributed by atoms with Gasteiger partial charge in [-0.2, -0.15) is 0 Å². The zero-order valence-electron chi connectivity index (χ0n) is 18.0. The average molecular weight is 491 g/mol. The highest BCUT2D eigenvalue weighted by Crippen LogP contribution is 2.30. The van der Waals surface area contributed by atoms with Crippen LogP contribution in [0.15, 0.2) is 60.7 Å². The Balaban J connectivity index is 1.87. The minimum atomic E-state index is 0.492. The van der Waals surface area contributed by atoms with Crippen LogP contribution < -0.4 is 19.5 Å². The van der Waals surface area contributed by atoms with Crippen LogP contribution in [0.3, 0.4) is 0 Å². The van der Waals surface area contributed by atoms with Crippen molar-refractivity contribution in [2.45, 2.75) is 13.1 Å². The van der Waals surface area contributed by atoms with Gasteiger partial charge in [-0.05, 0) is 59.7 Å². The van der Waals surface area contributed by atoms with Crippen molar-refractivity contribution in [3.05, 3.63) is 81.8 Å². The highest BCUT2D eigenvalue weighted by atomic mass is 35.5. The molecule has 0 aliphatic rings. The summed E-state index contributed by atoms with van der Waals surface area (Å²) < 4.78 is 16.0. The molecule has 168 valence electrons. The van der Waals surface area contributed by atoms with E-state index in [2.05, 4.69) is 5.32 Å². The maximum Gasteiger partial charge on any atom is 0.174 e. The molecule has 5 nitrogen and oxygen atoms in total. The van der Waals surface area contributed by atoms with Crippen molar-refractivity contribution in [3.8, 4) is 17.2 Å². The number of nitrogens with zero attached hydrogens (tertiary/aromatic N) is 1. The summed E-state index contributed by atoms with van der Waals surface area (Å²) in [5.41, 5.74) is 2.72. The van der Waals surface area contributed by atoms with E-state index in [4.69, 9.17) is 49.6 Å². The zero-order chi connectivity index (χ0) is 23.1. The van der Waals surface area contributed by atoms with E-state index in [0.717, 1.165) is 22.6 Å². The first kappa shape index (κ1) is 24.0. The monoisotopic (exact) mass is 490 g/mol. The third kappa shape index (κ3) is 6.19. The second-order valence-corrected chi connectivity index (χ2v) is 8.17. The molecule has 0 amide bonds. The van der Waals surface area contributed by atoms with E-state index in [9.17, 15) is 0 Å². The van der Waals surface area contributed by atoms with E-state index in [0.29, 0.717) is 39.7 Å². The lowest BCUT2D eigenvalue weighted by Gasteiger charge is -2.27. The highest BCUT2D eigenvalue weighted by Gasteiger charge is 2.16. The number of anilines is 1. The van der Waals surface area contributed by atoms with Crippen molar-refractivity contribution in [1.29, 1.82) is 0 Å². The van der Waals surface area contributed by atoms with Crippen molar-refractivity contribution in [3.63, 3.8) is 0 Å². The van der Waals surface area contributed by atoms with Gasteiger partial charge in [-0.15, -0.1) is 0 Å². The fourth-order valence-electron chi connectivity index (χ4n) is 3.10. The Kier molecular flexibility index (Phi) is 8.45. The van der Waals surface area contributed by atoms with Gasteiger partial charge in [-0.1, -0.05) is 41.4 Å². The molecule has 3 rings (SSSR count). The van der Waals surface area contributed by atoms with Gasteiger partial charge >= 0.3 is 0 Å². The Morgan fingerprint density at radius 3 is 2.16 bits per heavy atom. The molecule has 0 radical (unpaired) electrons. The maximum absolute atomic E-state index is 6.44. The second kappa shape index (κ2) is 11.3. The summed E-state index contributed by atoms with van der Waals surface area (Å²) in [5, 5.41) is 4.99. The van der Waals surface area contributed by atoms with Gasteiger partial charge in [0.05, 0.1) is 27.0 Å². The Labute approximate surface area is 203 Å². The Bertz CT molecular complexity index is 1080. The fourth-order valence-corrected chi connectivity index (χ4v) is 3.81. The zero-order valence-corrected chi connectivity index (χ0v) is 20.4. The summed E-state index contributed by atoms with van der Waals surface area (Å²) in [6.45, 7) is 1.06. The number of methoxy groups -OCH3 is 3. The van der Waals surface area contributed by atoms with Crippen LogP contribution in [-0.2, 0) is 13.1 Å². The van der Waals surface area contributed by atoms with Crippen molar-refractivity contribution in [2.24, 2.45) is 0 Å². The Morgan fingerprint density at radius 2 is 1.53 bits per heavy atom. The Hall–Kier alpha value is -2.67. The van der Waals surface area contributed by atoms with E-state index < -0.39 is 0 Å². The van der Waals surface area contributed by atoms with Gasteiger partial charge < -0.3 is 24.4 Å².